The Hall–Kier alpha value is -6.78. The minimum absolute atomic E-state index is 0.00487. The van der Waals surface area contributed by atoms with Gasteiger partial charge in [-0.1, -0.05) is 66.5 Å². The molecule has 7 amide bonds. The molecule has 69 heavy (non-hydrogen) atoms. The van der Waals surface area contributed by atoms with Gasteiger partial charge in [0.25, 0.3) is 0 Å². The van der Waals surface area contributed by atoms with Crippen molar-refractivity contribution < 1.29 is 48.6 Å². The lowest BCUT2D eigenvalue weighted by Crippen LogP contribution is -2.59. The lowest BCUT2D eigenvalue weighted by molar-refractivity contribution is -0.140. The Bertz CT molecular complexity index is 1870. The number of rotatable bonds is 25. The van der Waals surface area contributed by atoms with Gasteiger partial charge in [0.1, 0.15) is 36.0 Å². The highest BCUT2D eigenvalue weighted by Crippen LogP contribution is 2.18. The largest absolute Gasteiger partial charge is 0.508 e. The van der Waals surface area contributed by atoms with Crippen LogP contribution >= 0.6 is 0 Å². The van der Waals surface area contributed by atoms with Crippen LogP contribution in [0.2, 0.25) is 0 Å². The summed E-state index contributed by atoms with van der Waals surface area (Å²) in [5.41, 5.74) is 12.0. The Morgan fingerprint density at radius 1 is 0.884 bits per heavy atom. The lowest BCUT2D eigenvalue weighted by atomic mass is 10.00. The summed E-state index contributed by atoms with van der Waals surface area (Å²) in [6.07, 6.45) is 8.43. The van der Waals surface area contributed by atoms with Crippen molar-refractivity contribution in [1.29, 1.82) is 0 Å². The number of phenolic OH excluding ortho intramolecular Hbond substituents is 1. The normalized spacial score (nSPS) is 14.6. The number of nitrogens with zero attached hydrogens (tertiary/aromatic N) is 3. The van der Waals surface area contributed by atoms with Crippen molar-refractivity contribution in [2.75, 3.05) is 33.2 Å². The summed E-state index contributed by atoms with van der Waals surface area (Å²) in [5.74, 6) is -4.89. The van der Waals surface area contributed by atoms with Crippen molar-refractivity contribution in [3.05, 3.63) is 48.0 Å². The number of nitrogens with two attached hydrogens (primary N) is 2. The number of carbonyl (C=O) groups excluding carboxylic acids is 7. The van der Waals surface area contributed by atoms with E-state index in [4.69, 9.17) is 16.6 Å². The third kappa shape index (κ3) is 25.8. The molecule has 23 heteroatoms. The number of likely N-dealkylation sites (tertiary alicyclic amines) is 1. The third-order valence-corrected chi connectivity index (χ3v) is 10.3. The SMILES string of the molecule is CC.CCCC.CNCC(=O)N[C@@H](CCCN=C(N)N)C(=O)N[C@H](C(=O)N[C@@H](Cc1ccc(O)cc1)C(=O)NCC(=O)N[C@@H](Cc1cnc[nH]1)C(=O)N1CCC[C@H]1C)C(C)C.C[C@@H](NC=O)C(=O)O. The molecule has 1 aliphatic rings. The van der Waals surface area contributed by atoms with Crippen molar-refractivity contribution in [2.45, 2.75) is 143 Å². The summed E-state index contributed by atoms with van der Waals surface area (Å²) in [5, 5.41) is 36.1. The Morgan fingerprint density at radius 2 is 1.51 bits per heavy atom. The van der Waals surface area contributed by atoms with Crippen LogP contribution < -0.4 is 48.7 Å². The number of nitrogens with one attached hydrogen (secondary N) is 8. The van der Waals surface area contributed by atoms with Gasteiger partial charge in [-0.15, -0.1) is 0 Å². The molecule has 1 saturated heterocycles. The summed E-state index contributed by atoms with van der Waals surface area (Å²) in [7, 11) is 1.58. The van der Waals surface area contributed by atoms with Gasteiger partial charge in [-0.05, 0) is 70.2 Å². The molecule has 6 atom stereocenters. The number of guanidine groups is 1. The van der Waals surface area contributed by atoms with Crippen LogP contribution in [-0.2, 0) is 51.2 Å². The first-order valence-electron chi connectivity index (χ1n) is 23.4. The molecule has 0 aliphatic carbocycles. The van der Waals surface area contributed by atoms with Gasteiger partial charge < -0.3 is 68.8 Å². The van der Waals surface area contributed by atoms with Gasteiger partial charge in [-0.25, -0.2) is 4.98 Å². The molecule has 1 aromatic carbocycles. The molecule has 0 saturated carbocycles. The van der Waals surface area contributed by atoms with E-state index in [0.717, 1.165) is 12.8 Å². The number of H-pyrrole nitrogens is 1. The predicted molar refractivity (Wildman–Crippen MR) is 262 cm³/mol. The van der Waals surface area contributed by atoms with Gasteiger partial charge in [-0.2, -0.15) is 0 Å². The first-order chi connectivity index (χ1) is 32.8. The van der Waals surface area contributed by atoms with Gasteiger partial charge in [0.2, 0.25) is 41.9 Å². The average Bonchev–Trinajstić information content (AvgIpc) is 4.00. The monoisotopic (exact) mass is 974 g/mol. The zero-order valence-corrected chi connectivity index (χ0v) is 41.7. The van der Waals surface area contributed by atoms with E-state index >= 15 is 0 Å². The van der Waals surface area contributed by atoms with Crippen molar-refractivity contribution in [1.82, 2.24) is 52.1 Å². The molecule has 1 fully saturated rings. The minimum Gasteiger partial charge on any atom is -0.508 e. The van der Waals surface area contributed by atoms with E-state index in [1.165, 1.54) is 38.2 Å². The molecule has 0 unspecified atom stereocenters. The lowest BCUT2D eigenvalue weighted by Gasteiger charge is -2.28. The molecular formula is C46H79N13O10. The van der Waals surface area contributed by atoms with Crippen molar-refractivity contribution >= 4 is 53.8 Å². The second kappa shape index (κ2) is 35.4. The van der Waals surface area contributed by atoms with E-state index in [2.05, 4.69) is 66.0 Å². The maximum atomic E-state index is 13.8. The zero-order valence-electron chi connectivity index (χ0n) is 41.7. The number of carboxylic acid groups (broad SMARTS) is 1. The van der Waals surface area contributed by atoms with Crippen LogP contribution in [-0.4, -0.2) is 148 Å². The summed E-state index contributed by atoms with van der Waals surface area (Å²) in [6, 6.07) is 1.00. The molecular weight excluding hydrogens is 895 g/mol. The maximum absolute atomic E-state index is 13.8. The summed E-state index contributed by atoms with van der Waals surface area (Å²) in [4.78, 5) is 112. The number of carbonyl (C=O) groups is 8. The average molecular weight is 974 g/mol. The molecule has 1 aromatic heterocycles. The maximum Gasteiger partial charge on any atom is 0.325 e. The molecule has 23 nitrogen and oxygen atoms in total. The molecule has 2 aromatic rings. The fraction of sp³-hybridized carbons (Fsp3) is 0.609. The van der Waals surface area contributed by atoms with E-state index in [0.29, 0.717) is 30.6 Å². The number of aliphatic carboxylic acids is 1. The van der Waals surface area contributed by atoms with E-state index in [1.54, 1.807) is 44.1 Å². The highest BCUT2D eigenvalue weighted by molar-refractivity contribution is 5.96. The highest BCUT2D eigenvalue weighted by Gasteiger charge is 2.34. The Labute approximate surface area is 405 Å². The smallest absolute Gasteiger partial charge is 0.325 e. The summed E-state index contributed by atoms with van der Waals surface area (Å²) in [6.45, 7) is 15.4. The second-order valence-electron chi connectivity index (χ2n) is 16.2. The molecule has 2 heterocycles. The molecule has 388 valence electrons. The van der Waals surface area contributed by atoms with E-state index in [-0.39, 0.29) is 56.0 Å². The number of unbranched alkanes of at least 4 members (excludes halogenated alkanes) is 1. The molecule has 0 spiro atoms. The number of imidazole rings is 1. The Kier molecular flexibility index (Phi) is 31.9. The first kappa shape index (κ1) is 62.2. The zero-order chi connectivity index (χ0) is 52.5. The minimum atomic E-state index is -1.22. The fourth-order valence-corrected chi connectivity index (χ4v) is 6.29. The van der Waals surface area contributed by atoms with E-state index in [9.17, 15) is 43.5 Å². The summed E-state index contributed by atoms with van der Waals surface area (Å²) >= 11 is 0. The van der Waals surface area contributed by atoms with Crippen LogP contribution in [0.25, 0.3) is 0 Å². The number of carboxylic acids is 1. The quantitative estimate of drug-likeness (QED) is 0.0269. The molecule has 14 N–H and O–H groups in total. The van der Waals surface area contributed by atoms with Gasteiger partial charge in [0.05, 0.1) is 19.4 Å². The number of aliphatic imine (C=N–C) groups is 1. The molecule has 0 radical (unpaired) electrons. The van der Waals surface area contributed by atoms with Gasteiger partial charge in [0, 0.05) is 43.9 Å². The number of aromatic hydroxyl groups is 1. The Balaban J connectivity index is 0.00000289. The highest BCUT2D eigenvalue weighted by atomic mass is 16.4. The summed E-state index contributed by atoms with van der Waals surface area (Å²) < 4.78 is 0. The molecule has 1 aliphatic heterocycles. The molecule has 3 rings (SSSR count). The third-order valence-electron chi connectivity index (χ3n) is 10.3. The number of phenols is 1. The predicted octanol–water partition coefficient (Wildman–Crippen LogP) is -0.0661. The number of hydrogen-bond acceptors (Lipinski definition) is 12. The molecule has 0 bridgehead atoms. The first-order valence-corrected chi connectivity index (χ1v) is 23.4. The van der Waals surface area contributed by atoms with Crippen LogP contribution in [0.4, 0.5) is 0 Å². The van der Waals surface area contributed by atoms with Crippen LogP contribution in [0.3, 0.4) is 0 Å². The van der Waals surface area contributed by atoms with Gasteiger partial charge in [-0.3, -0.25) is 43.3 Å². The topological polar surface area (TPSA) is 358 Å². The number of aromatic nitrogens is 2. The van der Waals surface area contributed by atoms with E-state index < -0.39 is 78.2 Å². The Morgan fingerprint density at radius 3 is 2.00 bits per heavy atom. The second-order valence-corrected chi connectivity index (χ2v) is 16.2. The number of aromatic amines is 1. The van der Waals surface area contributed by atoms with Crippen LogP contribution in [0.15, 0.2) is 41.8 Å². The number of hydrogen-bond donors (Lipinski definition) is 12. The number of amides is 7. The van der Waals surface area contributed by atoms with Crippen LogP contribution in [0.1, 0.15) is 105 Å². The fourth-order valence-electron chi connectivity index (χ4n) is 6.29. The van der Waals surface area contributed by atoms with E-state index in [1.807, 2.05) is 20.8 Å². The van der Waals surface area contributed by atoms with Crippen molar-refractivity contribution in [3.8, 4) is 5.75 Å². The van der Waals surface area contributed by atoms with Crippen molar-refractivity contribution in [2.24, 2.45) is 22.4 Å². The van der Waals surface area contributed by atoms with Crippen LogP contribution in [0, 0.1) is 5.92 Å². The van der Waals surface area contributed by atoms with Gasteiger partial charge in [0.15, 0.2) is 5.96 Å². The van der Waals surface area contributed by atoms with Crippen LogP contribution in [0.5, 0.6) is 5.75 Å². The number of likely N-dealkylation sites (N-methyl/N-ethyl adjacent to an activating group) is 1. The van der Waals surface area contributed by atoms with Crippen molar-refractivity contribution in [3.63, 3.8) is 0 Å². The van der Waals surface area contributed by atoms with Gasteiger partial charge >= 0.3 is 5.97 Å². The number of benzene rings is 1. The standard InChI is InChI=1S/C36H56N12O7.C4H7NO3.C4H10.C2H6/c1-21(2)31(47-33(53)26(44-29(50)18-39-4)8-5-13-41-36(37)38)34(54)46-27(15-23-9-11-25(49)12-10-23)32(52)42-19-30(51)45-28(16-24-17-40-20-43-24)35(55)48-14-6-7-22(48)3;1-3(4(7)8)5-2-6;1-3-4-2;1-2/h9-12,17,20-22,26-28,31,39,49H,5-8,13-16,18-19H2,1-4H3,(H,40,43)(H,42,52)(H,44,50)(H,45,51)(H,46,54)(H,47,53)(H4,37,38,41);2-3H,1H3,(H,5,6)(H,7,8);3-4H2,1-2H3;1-2H3/t22-,26+,27+,28+,31+;3-;;/m11../s1.